The molecule has 0 aliphatic rings. The average Bonchev–Trinajstić information content (AvgIpc) is 2.76. The molecule has 2 aromatic carbocycles. The minimum absolute atomic E-state index is 0.221. The summed E-state index contributed by atoms with van der Waals surface area (Å²) >= 11 is 0. The number of aryl methyl sites for hydroxylation is 1. The first-order valence-corrected chi connectivity index (χ1v) is 10.1. The van der Waals surface area contributed by atoms with Gasteiger partial charge in [-0.1, -0.05) is 24.3 Å². The van der Waals surface area contributed by atoms with Crippen molar-refractivity contribution in [2.24, 2.45) is 4.99 Å². The number of nitrogens with zero attached hydrogens (tertiary/aromatic N) is 1. The van der Waals surface area contributed by atoms with E-state index in [1.165, 1.54) is 12.1 Å². The molecule has 0 fully saturated rings. The first-order valence-electron chi connectivity index (χ1n) is 10.1. The topological polar surface area (TPSA) is 64.1 Å². The van der Waals surface area contributed by atoms with Crippen LogP contribution in [-0.2, 0) is 16.0 Å². The zero-order valence-corrected chi connectivity index (χ0v) is 18.2. The summed E-state index contributed by atoms with van der Waals surface area (Å²) in [5, 5.41) is 6.55. The van der Waals surface area contributed by atoms with Crippen LogP contribution in [0.3, 0.4) is 0 Å². The highest BCUT2D eigenvalue weighted by molar-refractivity contribution is 5.79. The molecule has 2 rings (SSSR count). The number of guanidine groups is 1. The van der Waals surface area contributed by atoms with Crippen LogP contribution in [0.25, 0.3) is 0 Å². The highest BCUT2D eigenvalue weighted by Crippen LogP contribution is 2.20. The van der Waals surface area contributed by atoms with Crippen molar-refractivity contribution in [2.45, 2.75) is 26.5 Å². The van der Waals surface area contributed by atoms with E-state index in [0.29, 0.717) is 38.9 Å². The molecule has 0 amide bonds. The van der Waals surface area contributed by atoms with Gasteiger partial charge in [-0.25, -0.2) is 4.39 Å². The van der Waals surface area contributed by atoms with Gasteiger partial charge in [-0.05, 0) is 43.2 Å². The Bertz CT molecular complexity index is 797. The summed E-state index contributed by atoms with van der Waals surface area (Å²) in [6.45, 7) is 6.78. The Labute approximate surface area is 178 Å². The first-order chi connectivity index (χ1) is 14.6. The molecule has 0 aromatic heterocycles. The summed E-state index contributed by atoms with van der Waals surface area (Å²) in [6, 6.07) is 12.4. The summed E-state index contributed by atoms with van der Waals surface area (Å²) in [7, 11) is 3.34. The van der Waals surface area contributed by atoms with Gasteiger partial charge in [0.05, 0.1) is 12.7 Å². The summed E-state index contributed by atoms with van der Waals surface area (Å²) in [4.78, 5) is 4.27. The van der Waals surface area contributed by atoms with Gasteiger partial charge in [-0.2, -0.15) is 0 Å². The van der Waals surface area contributed by atoms with Crippen molar-refractivity contribution in [2.75, 3.05) is 40.5 Å². The summed E-state index contributed by atoms with van der Waals surface area (Å²) in [6.07, 6.45) is -0.221. The summed E-state index contributed by atoms with van der Waals surface area (Å²) in [5.74, 6) is 1.20. The van der Waals surface area contributed by atoms with Crippen molar-refractivity contribution in [3.05, 3.63) is 65.0 Å². The summed E-state index contributed by atoms with van der Waals surface area (Å²) in [5.41, 5.74) is 3.06. The minimum atomic E-state index is -0.267. The molecular formula is C23H32FN3O3. The maximum absolute atomic E-state index is 13.2. The van der Waals surface area contributed by atoms with Crippen LogP contribution >= 0.6 is 0 Å². The number of rotatable bonds is 11. The van der Waals surface area contributed by atoms with Crippen molar-refractivity contribution in [3.8, 4) is 5.75 Å². The van der Waals surface area contributed by atoms with Crippen molar-refractivity contribution >= 4 is 5.96 Å². The zero-order chi connectivity index (χ0) is 21.8. The van der Waals surface area contributed by atoms with E-state index in [1.807, 2.05) is 26.0 Å². The fraction of sp³-hybridized carbons (Fsp3) is 0.435. The van der Waals surface area contributed by atoms with Gasteiger partial charge in [0.1, 0.15) is 18.2 Å². The Morgan fingerprint density at radius 2 is 1.87 bits per heavy atom. The molecule has 2 aromatic rings. The van der Waals surface area contributed by atoms with Gasteiger partial charge in [0.25, 0.3) is 0 Å². The maximum Gasteiger partial charge on any atom is 0.191 e. The molecular weight excluding hydrogens is 385 g/mol. The fourth-order valence-corrected chi connectivity index (χ4v) is 2.90. The molecule has 2 N–H and O–H groups in total. The molecule has 1 unspecified atom stereocenters. The van der Waals surface area contributed by atoms with E-state index in [-0.39, 0.29) is 11.9 Å². The highest BCUT2D eigenvalue weighted by Gasteiger charge is 2.12. The first kappa shape index (κ1) is 23.6. The zero-order valence-electron chi connectivity index (χ0n) is 18.2. The van der Waals surface area contributed by atoms with Crippen molar-refractivity contribution < 1.29 is 18.6 Å². The van der Waals surface area contributed by atoms with Crippen LogP contribution in [0.4, 0.5) is 4.39 Å². The van der Waals surface area contributed by atoms with Crippen LogP contribution in [0.15, 0.2) is 47.5 Å². The molecule has 30 heavy (non-hydrogen) atoms. The number of aliphatic imine (C=N–C) groups is 1. The molecule has 0 saturated carbocycles. The molecule has 0 heterocycles. The normalized spacial score (nSPS) is 12.5. The van der Waals surface area contributed by atoms with Gasteiger partial charge in [0.15, 0.2) is 5.96 Å². The third-order valence-electron chi connectivity index (χ3n) is 4.56. The van der Waals surface area contributed by atoms with Crippen LogP contribution in [0.5, 0.6) is 5.75 Å². The average molecular weight is 418 g/mol. The summed E-state index contributed by atoms with van der Waals surface area (Å²) < 4.78 is 29.9. The minimum Gasteiger partial charge on any atom is -0.491 e. The van der Waals surface area contributed by atoms with E-state index in [2.05, 4.69) is 21.7 Å². The van der Waals surface area contributed by atoms with E-state index >= 15 is 0 Å². The van der Waals surface area contributed by atoms with E-state index in [0.717, 1.165) is 22.4 Å². The smallest absolute Gasteiger partial charge is 0.191 e. The van der Waals surface area contributed by atoms with Crippen molar-refractivity contribution in [3.63, 3.8) is 0 Å². The highest BCUT2D eigenvalue weighted by atomic mass is 19.1. The molecule has 164 valence electrons. The second-order valence-electron chi connectivity index (χ2n) is 6.74. The molecule has 0 saturated heterocycles. The fourth-order valence-electron chi connectivity index (χ4n) is 2.90. The van der Waals surface area contributed by atoms with Gasteiger partial charge < -0.3 is 24.8 Å². The van der Waals surface area contributed by atoms with Gasteiger partial charge >= 0.3 is 0 Å². The van der Waals surface area contributed by atoms with Gasteiger partial charge in [-0.15, -0.1) is 0 Å². The SMILES string of the molecule is CCOCCOc1cc(C)ccc1CNC(=NC)NCC(OC)c1ccc(F)cc1. The second-order valence-corrected chi connectivity index (χ2v) is 6.74. The molecule has 0 bridgehead atoms. The lowest BCUT2D eigenvalue weighted by Crippen LogP contribution is -2.39. The van der Waals surface area contributed by atoms with E-state index in [9.17, 15) is 4.39 Å². The lowest BCUT2D eigenvalue weighted by molar-refractivity contribution is 0.106. The second kappa shape index (κ2) is 12.8. The van der Waals surface area contributed by atoms with Crippen LogP contribution in [0, 0.1) is 12.7 Å². The third-order valence-corrected chi connectivity index (χ3v) is 4.56. The van der Waals surface area contributed by atoms with Gasteiger partial charge in [-0.3, -0.25) is 4.99 Å². The quantitative estimate of drug-likeness (QED) is 0.332. The van der Waals surface area contributed by atoms with Crippen molar-refractivity contribution in [1.29, 1.82) is 0 Å². The number of nitrogens with one attached hydrogen (secondary N) is 2. The number of benzene rings is 2. The van der Waals surface area contributed by atoms with Crippen molar-refractivity contribution in [1.82, 2.24) is 10.6 Å². The third kappa shape index (κ3) is 7.65. The number of hydrogen-bond donors (Lipinski definition) is 2. The Hall–Kier alpha value is -2.64. The molecule has 0 aliphatic heterocycles. The Balaban J connectivity index is 1.92. The van der Waals surface area contributed by atoms with E-state index in [4.69, 9.17) is 14.2 Å². The Morgan fingerprint density at radius 3 is 2.53 bits per heavy atom. The van der Waals surface area contributed by atoms with Crippen LogP contribution < -0.4 is 15.4 Å². The molecule has 0 spiro atoms. The van der Waals surface area contributed by atoms with Gasteiger partial charge in [0, 0.05) is 39.4 Å². The Kier molecular flexibility index (Phi) is 10.1. The largest absolute Gasteiger partial charge is 0.491 e. The number of methoxy groups -OCH3 is 1. The van der Waals surface area contributed by atoms with E-state index < -0.39 is 0 Å². The van der Waals surface area contributed by atoms with Crippen LogP contribution in [0.1, 0.15) is 29.7 Å². The molecule has 6 nitrogen and oxygen atoms in total. The lowest BCUT2D eigenvalue weighted by Gasteiger charge is -2.19. The molecule has 0 radical (unpaired) electrons. The van der Waals surface area contributed by atoms with Crippen LogP contribution in [0.2, 0.25) is 0 Å². The van der Waals surface area contributed by atoms with Crippen LogP contribution in [-0.4, -0.2) is 46.5 Å². The predicted octanol–water partition coefficient (Wildman–Crippen LogP) is 3.60. The molecule has 1 atom stereocenters. The predicted molar refractivity (Wildman–Crippen MR) is 118 cm³/mol. The van der Waals surface area contributed by atoms with E-state index in [1.54, 1.807) is 26.3 Å². The standard InChI is InChI=1S/C23H32FN3O3/c1-5-29-12-13-30-21-14-17(2)6-7-19(21)15-26-23(25-3)27-16-22(28-4)18-8-10-20(24)11-9-18/h6-11,14,22H,5,12-13,15-16H2,1-4H3,(H2,25,26,27). The lowest BCUT2D eigenvalue weighted by atomic mass is 10.1. The van der Waals surface area contributed by atoms with Gasteiger partial charge in [0.2, 0.25) is 0 Å². The number of hydrogen-bond acceptors (Lipinski definition) is 4. The molecule has 0 aliphatic carbocycles. The monoisotopic (exact) mass is 417 g/mol. The Morgan fingerprint density at radius 1 is 1.10 bits per heavy atom. The number of halogens is 1. The maximum atomic E-state index is 13.2. The number of ether oxygens (including phenoxy) is 3. The molecule has 7 heteroatoms.